The van der Waals surface area contributed by atoms with Crippen LogP contribution in [0.3, 0.4) is 0 Å². The molecule has 1 amide bonds. The number of nitrogens with zero attached hydrogens (tertiary/aromatic N) is 1. The Labute approximate surface area is 61.4 Å². The van der Waals surface area contributed by atoms with Crippen molar-refractivity contribution in [1.29, 1.82) is 0 Å². The number of amides is 1. The van der Waals surface area contributed by atoms with Crippen molar-refractivity contribution in [2.75, 3.05) is 13.6 Å². The lowest BCUT2D eigenvalue weighted by Crippen LogP contribution is -2.28. The van der Waals surface area contributed by atoms with Crippen molar-refractivity contribution in [1.82, 2.24) is 10.4 Å². The van der Waals surface area contributed by atoms with Gasteiger partial charge in [-0.15, -0.1) is 0 Å². The number of nitrogens with one attached hydrogen (secondary N) is 1. The van der Waals surface area contributed by atoms with Gasteiger partial charge in [0.15, 0.2) is 0 Å². The topological polar surface area (TPSA) is 32.3 Å². The van der Waals surface area contributed by atoms with E-state index in [4.69, 9.17) is 0 Å². The third kappa shape index (κ3) is 1.48. The summed E-state index contributed by atoms with van der Waals surface area (Å²) in [6.07, 6.45) is 2.10. The second kappa shape index (κ2) is 3.01. The fraction of sp³-hybridized carbons (Fsp3) is 0.857. The van der Waals surface area contributed by atoms with Crippen LogP contribution >= 0.6 is 0 Å². The highest BCUT2D eigenvalue weighted by Crippen LogP contribution is 2.12. The summed E-state index contributed by atoms with van der Waals surface area (Å²) < 4.78 is 0. The molecule has 1 fully saturated rings. The van der Waals surface area contributed by atoms with Gasteiger partial charge in [-0.1, -0.05) is 13.3 Å². The van der Waals surface area contributed by atoms with Crippen LogP contribution in [-0.2, 0) is 4.79 Å². The van der Waals surface area contributed by atoms with E-state index >= 15 is 0 Å². The Kier molecular flexibility index (Phi) is 2.27. The normalized spacial score (nSPS) is 27.0. The smallest absolute Gasteiger partial charge is 0.238 e. The van der Waals surface area contributed by atoms with Gasteiger partial charge in [0.25, 0.3) is 0 Å². The van der Waals surface area contributed by atoms with Crippen LogP contribution < -0.4 is 5.43 Å². The summed E-state index contributed by atoms with van der Waals surface area (Å²) in [5, 5.41) is 1.85. The maximum Gasteiger partial charge on any atom is 0.238 e. The predicted molar refractivity (Wildman–Crippen MR) is 39.2 cm³/mol. The van der Waals surface area contributed by atoms with Crippen LogP contribution in [0.25, 0.3) is 0 Å². The molecule has 1 aliphatic heterocycles. The molecule has 1 atom stereocenters. The molecular weight excluding hydrogens is 128 g/mol. The van der Waals surface area contributed by atoms with Crippen molar-refractivity contribution in [3.8, 4) is 0 Å². The molecule has 1 heterocycles. The maximum atomic E-state index is 11.0. The van der Waals surface area contributed by atoms with Gasteiger partial charge in [0, 0.05) is 13.6 Å². The summed E-state index contributed by atoms with van der Waals surface area (Å²) in [4.78, 5) is 11.0. The van der Waals surface area contributed by atoms with E-state index in [9.17, 15) is 4.79 Å². The molecular formula is C7H14N2O. The molecule has 0 bridgehead atoms. The first-order chi connectivity index (χ1) is 4.74. The Hall–Kier alpha value is -0.570. The van der Waals surface area contributed by atoms with Crippen LogP contribution in [0.4, 0.5) is 0 Å². The van der Waals surface area contributed by atoms with Gasteiger partial charge in [-0.3, -0.25) is 10.2 Å². The predicted octanol–water partition coefficient (Wildman–Crippen LogP) is 0.379. The molecule has 1 unspecified atom stereocenters. The lowest BCUT2D eigenvalue weighted by Gasteiger charge is -2.04. The molecule has 0 radical (unpaired) electrons. The summed E-state index contributed by atoms with van der Waals surface area (Å²) in [6, 6.07) is 0. The zero-order chi connectivity index (χ0) is 7.56. The monoisotopic (exact) mass is 142 g/mol. The highest BCUT2D eigenvalue weighted by Gasteiger charge is 2.26. The Bertz CT molecular complexity index is 136. The lowest BCUT2D eigenvalue weighted by atomic mass is 10.1. The molecule has 0 aromatic carbocycles. The molecule has 3 nitrogen and oxygen atoms in total. The van der Waals surface area contributed by atoms with Gasteiger partial charge in [-0.05, 0) is 6.42 Å². The first-order valence-corrected chi connectivity index (χ1v) is 3.75. The highest BCUT2D eigenvalue weighted by atomic mass is 16.2. The van der Waals surface area contributed by atoms with E-state index < -0.39 is 0 Å². The molecule has 1 rings (SSSR count). The zero-order valence-electron chi connectivity index (χ0n) is 6.55. The van der Waals surface area contributed by atoms with Gasteiger partial charge >= 0.3 is 0 Å². The molecule has 3 heteroatoms. The van der Waals surface area contributed by atoms with Gasteiger partial charge in [0.2, 0.25) is 5.91 Å². The van der Waals surface area contributed by atoms with E-state index in [1.807, 2.05) is 12.1 Å². The van der Waals surface area contributed by atoms with E-state index in [0.29, 0.717) is 0 Å². The molecule has 58 valence electrons. The summed E-state index contributed by atoms with van der Waals surface area (Å²) >= 11 is 0. The molecule has 10 heavy (non-hydrogen) atoms. The molecule has 0 aliphatic carbocycles. The number of carbonyl (C=O) groups is 1. The van der Waals surface area contributed by atoms with Crippen molar-refractivity contribution >= 4 is 5.91 Å². The third-order valence-electron chi connectivity index (χ3n) is 1.80. The Morgan fingerprint density at radius 3 is 2.90 bits per heavy atom. The second-order valence-electron chi connectivity index (χ2n) is 2.84. The molecule has 0 aromatic rings. The Morgan fingerprint density at radius 1 is 1.80 bits per heavy atom. The highest BCUT2D eigenvalue weighted by molar-refractivity contribution is 5.80. The van der Waals surface area contributed by atoms with Crippen LogP contribution in [0, 0.1) is 5.92 Å². The molecule has 1 N–H and O–H groups in total. The first-order valence-electron chi connectivity index (χ1n) is 3.75. The van der Waals surface area contributed by atoms with Gasteiger partial charge in [0.1, 0.15) is 0 Å². The quantitative estimate of drug-likeness (QED) is 0.604. The van der Waals surface area contributed by atoms with Gasteiger partial charge < -0.3 is 0 Å². The van der Waals surface area contributed by atoms with E-state index in [2.05, 4.69) is 12.3 Å². The van der Waals surface area contributed by atoms with E-state index in [1.165, 1.54) is 0 Å². The van der Waals surface area contributed by atoms with E-state index in [-0.39, 0.29) is 11.8 Å². The van der Waals surface area contributed by atoms with Crippen LogP contribution in [0.5, 0.6) is 0 Å². The van der Waals surface area contributed by atoms with Crippen LogP contribution in [-0.4, -0.2) is 24.5 Å². The average molecular weight is 142 g/mol. The number of carbonyl (C=O) groups excluding carboxylic acids is 1. The lowest BCUT2D eigenvalue weighted by molar-refractivity contribution is -0.123. The Balaban J connectivity index is 2.39. The zero-order valence-corrected chi connectivity index (χ0v) is 6.55. The number of rotatable bonds is 2. The largest absolute Gasteiger partial charge is 0.289 e. The van der Waals surface area contributed by atoms with Crippen molar-refractivity contribution in [3.63, 3.8) is 0 Å². The third-order valence-corrected chi connectivity index (χ3v) is 1.80. The average Bonchev–Trinajstić information content (AvgIpc) is 2.13. The molecule has 1 saturated heterocycles. The van der Waals surface area contributed by atoms with E-state index in [1.54, 1.807) is 0 Å². The minimum absolute atomic E-state index is 0.185. The minimum atomic E-state index is 0.185. The van der Waals surface area contributed by atoms with Crippen LogP contribution in [0.15, 0.2) is 0 Å². The second-order valence-corrected chi connectivity index (χ2v) is 2.84. The van der Waals surface area contributed by atoms with Gasteiger partial charge in [-0.25, -0.2) is 5.01 Å². The standard InChI is InChI=1S/C7H14N2O/c1-3-4-6-5-9(2)8-7(6)10/h6H,3-5H2,1-2H3,(H,8,10). The molecule has 1 aliphatic rings. The number of hydrogen-bond donors (Lipinski definition) is 1. The number of hydrogen-bond acceptors (Lipinski definition) is 2. The summed E-state index contributed by atoms with van der Waals surface area (Å²) in [7, 11) is 1.90. The summed E-state index contributed by atoms with van der Waals surface area (Å²) in [5.41, 5.74) is 2.75. The van der Waals surface area contributed by atoms with Gasteiger partial charge in [0.05, 0.1) is 5.92 Å². The fourth-order valence-electron chi connectivity index (χ4n) is 1.31. The molecule has 0 aromatic heterocycles. The molecule has 0 saturated carbocycles. The fourth-order valence-corrected chi connectivity index (χ4v) is 1.31. The summed E-state index contributed by atoms with van der Waals surface area (Å²) in [6.45, 7) is 2.97. The number of hydrazine groups is 1. The van der Waals surface area contributed by atoms with Gasteiger partial charge in [-0.2, -0.15) is 0 Å². The van der Waals surface area contributed by atoms with Crippen molar-refractivity contribution < 1.29 is 4.79 Å². The van der Waals surface area contributed by atoms with Crippen molar-refractivity contribution in [3.05, 3.63) is 0 Å². The van der Waals surface area contributed by atoms with Crippen LogP contribution in [0.2, 0.25) is 0 Å². The first kappa shape index (κ1) is 7.54. The Morgan fingerprint density at radius 2 is 2.50 bits per heavy atom. The maximum absolute atomic E-state index is 11.0. The SMILES string of the molecule is CCCC1CN(C)NC1=O. The van der Waals surface area contributed by atoms with Crippen molar-refractivity contribution in [2.45, 2.75) is 19.8 Å². The van der Waals surface area contributed by atoms with Crippen LogP contribution in [0.1, 0.15) is 19.8 Å². The van der Waals surface area contributed by atoms with Crippen molar-refractivity contribution in [2.24, 2.45) is 5.92 Å². The van der Waals surface area contributed by atoms with E-state index in [0.717, 1.165) is 19.4 Å². The molecule has 0 spiro atoms. The minimum Gasteiger partial charge on any atom is -0.289 e. The summed E-state index contributed by atoms with van der Waals surface area (Å²) in [5.74, 6) is 0.416.